The van der Waals surface area contributed by atoms with E-state index in [1.54, 1.807) is 0 Å². The molecule has 0 saturated carbocycles. The molecular formula is C26H50O4. The lowest BCUT2D eigenvalue weighted by molar-refractivity contribution is -0.158. The maximum atomic E-state index is 13.2. The van der Waals surface area contributed by atoms with Gasteiger partial charge < -0.3 is 9.84 Å². The van der Waals surface area contributed by atoms with Crippen LogP contribution in [0, 0.1) is 5.41 Å². The predicted octanol–water partition coefficient (Wildman–Crippen LogP) is 8.07. The molecule has 0 aliphatic rings. The molecule has 4 nitrogen and oxygen atoms in total. The second-order valence-corrected chi connectivity index (χ2v) is 9.05. The zero-order valence-electron chi connectivity index (χ0n) is 20.3. The quantitative estimate of drug-likeness (QED) is 0.140. The van der Waals surface area contributed by atoms with E-state index in [2.05, 4.69) is 20.8 Å². The zero-order valence-corrected chi connectivity index (χ0v) is 20.3. The zero-order chi connectivity index (χ0) is 22.5. The first-order chi connectivity index (χ1) is 14.5. The fraction of sp³-hybridized carbons (Fsp3) is 0.923. The predicted molar refractivity (Wildman–Crippen MR) is 126 cm³/mol. The van der Waals surface area contributed by atoms with Crippen LogP contribution in [0.25, 0.3) is 0 Å². The Bertz CT molecular complexity index is 411. The molecule has 0 spiro atoms. The molecule has 0 atom stereocenters. The normalized spacial score (nSPS) is 11.6. The molecule has 0 rings (SSSR count). The van der Waals surface area contributed by atoms with Gasteiger partial charge in [-0.2, -0.15) is 0 Å². The lowest BCUT2D eigenvalue weighted by Gasteiger charge is -2.32. The van der Waals surface area contributed by atoms with E-state index in [1.165, 1.54) is 25.7 Å². The maximum absolute atomic E-state index is 13.2. The molecule has 0 unspecified atom stereocenters. The second kappa shape index (κ2) is 19.9. The summed E-state index contributed by atoms with van der Waals surface area (Å²) < 4.78 is 5.83. The molecular weight excluding hydrogens is 376 g/mol. The van der Waals surface area contributed by atoms with Crippen molar-refractivity contribution in [2.24, 2.45) is 5.41 Å². The number of aliphatic carboxylic acids is 1. The molecule has 0 aliphatic carbocycles. The first kappa shape index (κ1) is 28.9. The highest BCUT2D eigenvalue weighted by molar-refractivity contribution is 5.76. The number of hydrogen-bond donors (Lipinski definition) is 1. The lowest BCUT2D eigenvalue weighted by atomic mass is 9.74. The van der Waals surface area contributed by atoms with Gasteiger partial charge in [0.25, 0.3) is 0 Å². The molecule has 0 aromatic heterocycles. The average molecular weight is 427 g/mol. The Morgan fingerprint density at radius 2 is 1.10 bits per heavy atom. The van der Waals surface area contributed by atoms with Gasteiger partial charge in [0.1, 0.15) is 0 Å². The van der Waals surface area contributed by atoms with Crippen molar-refractivity contribution in [3.63, 3.8) is 0 Å². The molecule has 0 radical (unpaired) electrons. The third-order valence-corrected chi connectivity index (χ3v) is 6.23. The van der Waals surface area contributed by atoms with Gasteiger partial charge in [0.15, 0.2) is 0 Å². The third kappa shape index (κ3) is 14.8. The molecule has 0 bridgehead atoms. The summed E-state index contributed by atoms with van der Waals surface area (Å²) in [5.74, 6) is -0.662. The Labute approximate surface area is 186 Å². The average Bonchev–Trinajstić information content (AvgIpc) is 2.73. The van der Waals surface area contributed by atoms with Crippen molar-refractivity contribution in [1.29, 1.82) is 0 Å². The van der Waals surface area contributed by atoms with E-state index < -0.39 is 5.97 Å². The fourth-order valence-electron chi connectivity index (χ4n) is 4.18. The molecule has 4 heteroatoms. The minimum atomic E-state index is -0.707. The Kier molecular flexibility index (Phi) is 19.2. The van der Waals surface area contributed by atoms with Crippen molar-refractivity contribution in [1.82, 2.24) is 0 Å². The Balaban J connectivity index is 4.55. The molecule has 0 saturated heterocycles. The topological polar surface area (TPSA) is 63.6 Å². The summed E-state index contributed by atoms with van der Waals surface area (Å²) in [6, 6.07) is 0. The molecule has 0 aromatic rings. The minimum Gasteiger partial charge on any atom is -0.481 e. The largest absolute Gasteiger partial charge is 0.481 e. The third-order valence-electron chi connectivity index (χ3n) is 6.23. The summed E-state index contributed by atoms with van der Waals surface area (Å²) in [6.45, 7) is 7.17. The summed E-state index contributed by atoms with van der Waals surface area (Å²) in [5, 5.41) is 8.74. The van der Waals surface area contributed by atoms with E-state index in [1.807, 2.05) is 0 Å². The van der Waals surface area contributed by atoms with Gasteiger partial charge in [-0.05, 0) is 32.1 Å². The first-order valence-corrected chi connectivity index (χ1v) is 12.9. The summed E-state index contributed by atoms with van der Waals surface area (Å²) >= 11 is 0. The van der Waals surface area contributed by atoms with Gasteiger partial charge in [0, 0.05) is 6.42 Å². The van der Waals surface area contributed by atoms with Crippen molar-refractivity contribution in [3.05, 3.63) is 0 Å². The van der Waals surface area contributed by atoms with Crippen LogP contribution in [0.2, 0.25) is 0 Å². The second-order valence-electron chi connectivity index (χ2n) is 9.05. The van der Waals surface area contributed by atoms with Crippen LogP contribution in [0.1, 0.15) is 143 Å². The van der Waals surface area contributed by atoms with E-state index in [0.29, 0.717) is 6.61 Å². The number of carbonyl (C=O) groups excluding carboxylic acids is 1. The van der Waals surface area contributed by atoms with Crippen LogP contribution in [-0.2, 0) is 14.3 Å². The molecule has 0 heterocycles. The summed E-state index contributed by atoms with van der Waals surface area (Å²) in [4.78, 5) is 23.8. The van der Waals surface area contributed by atoms with Crippen LogP contribution < -0.4 is 0 Å². The number of ether oxygens (including phenoxy) is 1. The van der Waals surface area contributed by atoms with E-state index in [-0.39, 0.29) is 17.8 Å². The van der Waals surface area contributed by atoms with Crippen LogP contribution in [0.5, 0.6) is 0 Å². The van der Waals surface area contributed by atoms with Gasteiger partial charge in [0.2, 0.25) is 0 Å². The van der Waals surface area contributed by atoms with E-state index >= 15 is 0 Å². The smallest absolute Gasteiger partial charge is 0.312 e. The Morgan fingerprint density at radius 3 is 1.67 bits per heavy atom. The monoisotopic (exact) mass is 426 g/mol. The maximum Gasteiger partial charge on any atom is 0.312 e. The van der Waals surface area contributed by atoms with Gasteiger partial charge in [-0.3, -0.25) is 9.59 Å². The number of rotatable bonds is 22. The molecule has 0 fully saturated rings. The molecule has 0 amide bonds. The van der Waals surface area contributed by atoms with E-state index in [4.69, 9.17) is 9.84 Å². The number of unbranched alkanes of at least 4 members (excludes halogenated alkanes) is 11. The standard InChI is InChI=1S/C26H50O4/c1-4-7-10-11-15-18-23-30-25(29)26(20-8-5-2,21-9-6-3)22-17-14-12-13-16-19-24(27)28/h4-23H2,1-3H3,(H,27,28). The molecule has 1 N–H and O–H groups in total. The highest BCUT2D eigenvalue weighted by Crippen LogP contribution is 2.38. The molecule has 0 aromatic carbocycles. The summed E-state index contributed by atoms with van der Waals surface area (Å²) in [6.07, 6.45) is 19.5. The molecule has 0 aliphatic heterocycles. The lowest BCUT2D eigenvalue weighted by Crippen LogP contribution is -2.33. The van der Waals surface area contributed by atoms with Crippen molar-refractivity contribution < 1.29 is 19.4 Å². The SMILES string of the molecule is CCCCCCCCOC(=O)C(CCCC)(CCCC)CCCCCCCC(=O)O. The molecule has 30 heavy (non-hydrogen) atoms. The van der Waals surface area contributed by atoms with Crippen molar-refractivity contribution in [2.45, 2.75) is 143 Å². The summed E-state index contributed by atoms with van der Waals surface area (Å²) in [7, 11) is 0. The Hall–Kier alpha value is -1.06. The van der Waals surface area contributed by atoms with Gasteiger partial charge in [-0.1, -0.05) is 104 Å². The van der Waals surface area contributed by atoms with Gasteiger partial charge in [0.05, 0.1) is 12.0 Å². The van der Waals surface area contributed by atoms with Crippen LogP contribution in [-0.4, -0.2) is 23.7 Å². The highest BCUT2D eigenvalue weighted by Gasteiger charge is 2.38. The van der Waals surface area contributed by atoms with Gasteiger partial charge in [-0.15, -0.1) is 0 Å². The summed E-state index contributed by atoms with van der Waals surface area (Å²) in [5.41, 5.74) is -0.310. The van der Waals surface area contributed by atoms with Crippen molar-refractivity contribution >= 4 is 11.9 Å². The number of carboxylic acid groups (broad SMARTS) is 1. The number of esters is 1. The van der Waals surface area contributed by atoms with Crippen LogP contribution in [0.3, 0.4) is 0 Å². The number of hydrogen-bond acceptors (Lipinski definition) is 3. The Morgan fingerprint density at radius 1 is 0.633 bits per heavy atom. The van der Waals surface area contributed by atoms with E-state index in [0.717, 1.165) is 89.9 Å². The van der Waals surface area contributed by atoms with Crippen molar-refractivity contribution in [3.8, 4) is 0 Å². The van der Waals surface area contributed by atoms with Crippen molar-refractivity contribution in [2.75, 3.05) is 6.61 Å². The highest BCUT2D eigenvalue weighted by atomic mass is 16.5. The number of carboxylic acids is 1. The van der Waals surface area contributed by atoms with Crippen LogP contribution >= 0.6 is 0 Å². The van der Waals surface area contributed by atoms with E-state index in [9.17, 15) is 9.59 Å². The number of carbonyl (C=O) groups is 2. The van der Waals surface area contributed by atoms with Crippen LogP contribution in [0.15, 0.2) is 0 Å². The van der Waals surface area contributed by atoms with Gasteiger partial charge >= 0.3 is 11.9 Å². The minimum absolute atomic E-state index is 0.0452. The van der Waals surface area contributed by atoms with Gasteiger partial charge in [-0.25, -0.2) is 0 Å². The first-order valence-electron chi connectivity index (χ1n) is 12.9. The van der Waals surface area contributed by atoms with Crippen LogP contribution in [0.4, 0.5) is 0 Å². The molecule has 178 valence electrons. The fourth-order valence-corrected chi connectivity index (χ4v) is 4.18.